The van der Waals surface area contributed by atoms with Crippen LogP contribution in [0.5, 0.6) is 11.5 Å². The van der Waals surface area contributed by atoms with Crippen LogP contribution in [-0.4, -0.2) is 30.7 Å². The fraction of sp³-hybridized carbons (Fsp3) is 0.167. The minimum atomic E-state index is -0.451. The molecule has 0 spiro atoms. The molecular weight excluding hydrogens is 504 g/mol. The van der Waals surface area contributed by atoms with Gasteiger partial charge in [0.05, 0.1) is 29.3 Å². The zero-order chi connectivity index (χ0) is 24.5. The highest BCUT2D eigenvalue weighted by Gasteiger charge is 2.12. The molecule has 176 valence electrons. The molecule has 0 unspecified atom stereocenters. The maximum absolute atomic E-state index is 12.0. The fourth-order valence-electron chi connectivity index (χ4n) is 2.90. The Morgan fingerprint density at radius 2 is 1.85 bits per heavy atom. The van der Waals surface area contributed by atoms with Crippen LogP contribution in [0.1, 0.15) is 16.7 Å². The second-order valence-electron chi connectivity index (χ2n) is 7.26. The van der Waals surface area contributed by atoms with Crippen molar-refractivity contribution in [3.8, 4) is 11.5 Å². The van der Waals surface area contributed by atoms with E-state index in [0.29, 0.717) is 21.5 Å². The summed E-state index contributed by atoms with van der Waals surface area (Å²) in [4.78, 5) is 22.3. The maximum atomic E-state index is 12.0. The van der Waals surface area contributed by atoms with Crippen LogP contribution in [0.2, 0.25) is 0 Å². The molecule has 3 aromatic rings. The molecule has 0 heterocycles. The summed E-state index contributed by atoms with van der Waals surface area (Å²) in [5.74, 6) is 0.653. The van der Waals surface area contributed by atoms with Gasteiger partial charge in [-0.3, -0.25) is 14.9 Å². The molecule has 0 radical (unpaired) electrons. The van der Waals surface area contributed by atoms with Gasteiger partial charge in [-0.2, -0.15) is 5.10 Å². The highest BCUT2D eigenvalue weighted by molar-refractivity contribution is 9.10. The summed E-state index contributed by atoms with van der Waals surface area (Å²) in [5, 5.41) is 17.8. The summed E-state index contributed by atoms with van der Waals surface area (Å²) in [7, 11) is 1.51. The van der Waals surface area contributed by atoms with Gasteiger partial charge in [0, 0.05) is 17.8 Å². The Bertz CT molecular complexity index is 1180. The molecule has 0 saturated carbocycles. The van der Waals surface area contributed by atoms with Gasteiger partial charge in [-0.05, 0) is 70.4 Å². The van der Waals surface area contributed by atoms with Crippen molar-refractivity contribution in [3.05, 3.63) is 91.9 Å². The van der Waals surface area contributed by atoms with Gasteiger partial charge in [-0.15, -0.1) is 0 Å². The Morgan fingerprint density at radius 3 is 2.50 bits per heavy atom. The number of benzene rings is 3. The first kappa shape index (κ1) is 24.7. The smallest absolute Gasteiger partial charge is 0.269 e. The molecule has 0 aliphatic carbocycles. The van der Waals surface area contributed by atoms with Gasteiger partial charge < -0.3 is 14.8 Å². The van der Waals surface area contributed by atoms with E-state index >= 15 is 0 Å². The van der Waals surface area contributed by atoms with E-state index in [-0.39, 0.29) is 24.7 Å². The van der Waals surface area contributed by atoms with Crippen LogP contribution in [-0.2, 0) is 11.4 Å². The number of amides is 1. The van der Waals surface area contributed by atoms with E-state index in [1.165, 1.54) is 25.5 Å². The molecule has 0 aromatic heterocycles. The third kappa shape index (κ3) is 7.04. The lowest BCUT2D eigenvalue weighted by Crippen LogP contribution is -2.25. The quantitative estimate of drug-likeness (QED) is 0.222. The molecule has 0 bridgehead atoms. The largest absolute Gasteiger partial charge is 0.493 e. The van der Waals surface area contributed by atoms with Crippen molar-refractivity contribution in [1.29, 1.82) is 0 Å². The number of nitrogens with zero attached hydrogens (tertiary/aromatic N) is 2. The van der Waals surface area contributed by atoms with E-state index in [2.05, 4.69) is 31.8 Å². The Labute approximate surface area is 205 Å². The zero-order valence-electron chi connectivity index (χ0n) is 18.6. The van der Waals surface area contributed by atoms with Gasteiger partial charge in [-0.1, -0.05) is 17.7 Å². The van der Waals surface area contributed by atoms with Crippen LogP contribution in [0, 0.1) is 17.0 Å². The number of carbonyl (C=O) groups is 1. The van der Waals surface area contributed by atoms with Crippen molar-refractivity contribution in [3.63, 3.8) is 0 Å². The van der Waals surface area contributed by atoms with Crippen molar-refractivity contribution in [1.82, 2.24) is 5.43 Å². The molecule has 2 N–H and O–H groups in total. The third-order valence-corrected chi connectivity index (χ3v) is 5.28. The molecule has 0 fully saturated rings. The van der Waals surface area contributed by atoms with Gasteiger partial charge >= 0.3 is 0 Å². The maximum Gasteiger partial charge on any atom is 0.269 e. The van der Waals surface area contributed by atoms with Crippen molar-refractivity contribution in [2.24, 2.45) is 5.10 Å². The second-order valence-corrected chi connectivity index (χ2v) is 8.11. The number of halogens is 1. The SMILES string of the molecule is COc1cc(/C=N\NC(=O)CNc2ccc(C)cc2)cc(Br)c1OCc1ccc([N+](=O)[O-])cc1. The topological polar surface area (TPSA) is 115 Å². The van der Waals surface area contributed by atoms with Gasteiger partial charge in [0.2, 0.25) is 0 Å². The molecule has 0 aliphatic heterocycles. The van der Waals surface area contributed by atoms with Crippen molar-refractivity contribution in [2.45, 2.75) is 13.5 Å². The summed E-state index contributed by atoms with van der Waals surface area (Å²) in [6, 6.07) is 17.3. The average Bonchev–Trinajstić information content (AvgIpc) is 2.83. The Kier molecular flexibility index (Phi) is 8.58. The number of hydrazone groups is 1. The van der Waals surface area contributed by atoms with Crippen LogP contribution in [0.4, 0.5) is 11.4 Å². The van der Waals surface area contributed by atoms with E-state index in [9.17, 15) is 14.9 Å². The first-order valence-electron chi connectivity index (χ1n) is 10.2. The number of nitro groups is 1. The Balaban J connectivity index is 1.57. The lowest BCUT2D eigenvalue weighted by atomic mass is 10.2. The number of methoxy groups -OCH3 is 1. The molecular formula is C24H23BrN4O5. The van der Waals surface area contributed by atoms with Crippen LogP contribution >= 0.6 is 15.9 Å². The van der Waals surface area contributed by atoms with E-state index in [1.54, 1.807) is 24.3 Å². The molecule has 1 amide bonds. The van der Waals surface area contributed by atoms with Crippen LogP contribution in [0.3, 0.4) is 0 Å². The number of hydrogen-bond acceptors (Lipinski definition) is 7. The predicted molar refractivity (Wildman–Crippen MR) is 134 cm³/mol. The molecule has 9 nitrogen and oxygen atoms in total. The van der Waals surface area contributed by atoms with E-state index in [1.807, 2.05) is 31.2 Å². The van der Waals surface area contributed by atoms with Crippen LogP contribution in [0.25, 0.3) is 0 Å². The van der Waals surface area contributed by atoms with Crippen LogP contribution < -0.4 is 20.2 Å². The number of anilines is 1. The lowest BCUT2D eigenvalue weighted by Gasteiger charge is -2.13. The first-order valence-corrected chi connectivity index (χ1v) is 11.0. The fourth-order valence-corrected chi connectivity index (χ4v) is 3.47. The summed E-state index contributed by atoms with van der Waals surface area (Å²) >= 11 is 3.47. The van der Waals surface area contributed by atoms with Crippen molar-refractivity contribution in [2.75, 3.05) is 19.0 Å². The first-order chi connectivity index (χ1) is 16.4. The van der Waals surface area contributed by atoms with Gasteiger partial charge in [0.25, 0.3) is 11.6 Å². The number of nitro benzene ring substituents is 1. The Morgan fingerprint density at radius 1 is 1.15 bits per heavy atom. The highest BCUT2D eigenvalue weighted by Crippen LogP contribution is 2.37. The van der Waals surface area contributed by atoms with Gasteiger partial charge in [0.15, 0.2) is 11.5 Å². The van der Waals surface area contributed by atoms with Crippen LogP contribution in [0.15, 0.2) is 70.2 Å². The number of non-ortho nitro benzene ring substituents is 1. The number of rotatable bonds is 10. The van der Waals surface area contributed by atoms with Crippen molar-refractivity contribution >= 4 is 39.4 Å². The molecule has 0 aliphatic rings. The van der Waals surface area contributed by atoms with E-state index in [0.717, 1.165) is 16.8 Å². The van der Waals surface area contributed by atoms with Gasteiger partial charge in [0.1, 0.15) is 6.61 Å². The minimum Gasteiger partial charge on any atom is -0.493 e. The second kappa shape index (κ2) is 11.8. The number of carbonyl (C=O) groups excluding carboxylic acids is 1. The zero-order valence-corrected chi connectivity index (χ0v) is 20.2. The summed E-state index contributed by atoms with van der Waals surface area (Å²) < 4.78 is 11.9. The number of ether oxygens (including phenoxy) is 2. The molecule has 0 saturated heterocycles. The molecule has 3 rings (SSSR count). The highest BCUT2D eigenvalue weighted by atomic mass is 79.9. The Hall–Kier alpha value is -3.92. The predicted octanol–water partition coefficient (Wildman–Crippen LogP) is 4.82. The lowest BCUT2D eigenvalue weighted by molar-refractivity contribution is -0.384. The summed E-state index contributed by atoms with van der Waals surface area (Å²) in [6.07, 6.45) is 1.50. The minimum absolute atomic E-state index is 0.0178. The average molecular weight is 527 g/mol. The number of nitrogens with one attached hydrogen (secondary N) is 2. The molecule has 34 heavy (non-hydrogen) atoms. The standard InChI is InChI=1S/C24H23BrN4O5/c1-16-3-7-19(8-4-16)26-14-23(30)28-27-13-18-11-21(25)24(22(12-18)33-2)34-15-17-5-9-20(10-6-17)29(31)32/h3-13,26H,14-15H2,1-2H3,(H,28,30)/b27-13-. The summed E-state index contributed by atoms with van der Waals surface area (Å²) in [5.41, 5.74) is 5.94. The number of hydrogen-bond donors (Lipinski definition) is 2. The normalized spacial score (nSPS) is 10.7. The van der Waals surface area contributed by atoms with E-state index in [4.69, 9.17) is 9.47 Å². The molecule has 10 heteroatoms. The van der Waals surface area contributed by atoms with Gasteiger partial charge in [-0.25, -0.2) is 5.43 Å². The summed E-state index contributed by atoms with van der Waals surface area (Å²) in [6.45, 7) is 2.28. The molecule has 0 atom stereocenters. The third-order valence-electron chi connectivity index (χ3n) is 4.69. The number of aryl methyl sites for hydroxylation is 1. The van der Waals surface area contributed by atoms with E-state index < -0.39 is 4.92 Å². The van der Waals surface area contributed by atoms with Crippen molar-refractivity contribution < 1.29 is 19.2 Å². The molecule has 3 aromatic carbocycles. The monoisotopic (exact) mass is 526 g/mol.